The van der Waals surface area contributed by atoms with Gasteiger partial charge in [-0.05, 0) is 20.3 Å². The van der Waals surface area contributed by atoms with Crippen LogP contribution in [0.1, 0.15) is 33.6 Å². The highest BCUT2D eigenvalue weighted by molar-refractivity contribution is 5.84. The molecule has 0 aliphatic heterocycles. The lowest BCUT2D eigenvalue weighted by Crippen LogP contribution is -2.42. The lowest BCUT2D eigenvalue weighted by atomic mass is 10.1. The molecular weight excluding hydrogens is 218 g/mol. The number of rotatable bonds is 7. The number of likely N-dealkylation sites (N-methyl/N-ethyl adjacent to an activating group) is 2. The summed E-state index contributed by atoms with van der Waals surface area (Å²) in [7, 11) is 1.64. The van der Waals surface area contributed by atoms with Gasteiger partial charge in [0.05, 0.1) is 6.54 Å². The molecule has 0 aromatic rings. The maximum atomic E-state index is 11.8. The summed E-state index contributed by atoms with van der Waals surface area (Å²) >= 11 is 0. The van der Waals surface area contributed by atoms with Crippen LogP contribution in [0, 0.1) is 0 Å². The van der Waals surface area contributed by atoms with Crippen LogP contribution in [-0.2, 0) is 9.59 Å². The zero-order valence-corrected chi connectivity index (χ0v) is 11.4. The van der Waals surface area contributed by atoms with Gasteiger partial charge in [-0.2, -0.15) is 0 Å². The third-order valence-electron chi connectivity index (χ3n) is 2.88. The highest BCUT2D eigenvalue weighted by atomic mass is 16.2. The molecular formula is C12H25N3O2. The van der Waals surface area contributed by atoms with E-state index in [9.17, 15) is 9.59 Å². The van der Waals surface area contributed by atoms with Crippen LogP contribution in [0.2, 0.25) is 0 Å². The average Bonchev–Trinajstić information content (AvgIpc) is 2.30. The topological polar surface area (TPSA) is 66.6 Å². The number of hydrogen-bond donors (Lipinski definition) is 1. The van der Waals surface area contributed by atoms with Crippen LogP contribution in [0.5, 0.6) is 0 Å². The van der Waals surface area contributed by atoms with Crippen molar-refractivity contribution in [2.45, 2.75) is 39.7 Å². The normalized spacial score (nSPS) is 12.1. The molecule has 0 aromatic carbocycles. The van der Waals surface area contributed by atoms with Gasteiger partial charge in [0, 0.05) is 32.6 Å². The van der Waals surface area contributed by atoms with Crippen LogP contribution in [-0.4, -0.2) is 54.3 Å². The van der Waals surface area contributed by atoms with Crippen molar-refractivity contribution in [1.29, 1.82) is 0 Å². The zero-order valence-electron chi connectivity index (χ0n) is 11.4. The van der Waals surface area contributed by atoms with E-state index >= 15 is 0 Å². The Kier molecular flexibility index (Phi) is 7.54. The SMILES string of the molecule is CCC(N)CC(=O)N(C)CC(=O)N(CC)CC. The van der Waals surface area contributed by atoms with Crippen LogP contribution in [0.15, 0.2) is 0 Å². The Hall–Kier alpha value is -1.10. The molecule has 0 aromatic heterocycles. The van der Waals surface area contributed by atoms with Crippen molar-refractivity contribution in [2.75, 3.05) is 26.7 Å². The minimum absolute atomic E-state index is 0.0177. The molecule has 5 heteroatoms. The van der Waals surface area contributed by atoms with Crippen LogP contribution in [0.25, 0.3) is 0 Å². The minimum Gasteiger partial charge on any atom is -0.342 e. The first-order chi connectivity index (χ1) is 7.96. The summed E-state index contributed by atoms with van der Waals surface area (Å²) in [5.74, 6) is -0.0872. The van der Waals surface area contributed by atoms with Gasteiger partial charge in [-0.1, -0.05) is 6.92 Å². The molecule has 0 spiro atoms. The molecule has 100 valence electrons. The van der Waals surface area contributed by atoms with Crippen LogP contribution in [0.3, 0.4) is 0 Å². The standard InChI is InChI=1S/C12H25N3O2/c1-5-10(13)8-11(16)14(4)9-12(17)15(6-2)7-3/h10H,5-9,13H2,1-4H3. The van der Waals surface area contributed by atoms with Crippen LogP contribution < -0.4 is 5.73 Å². The van der Waals surface area contributed by atoms with E-state index in [2.05, 4.69) is 0 Å². The molecule has 0 aliphatic carbocycles. The summed E-state index contributed by atoms with van der Waals surface area (Å²) in [4.78, 5) is 26.7. The van der Waals surface area contributed by atoms with Gasteiger partial charge in [0.1, 0.15) is 0 Å². The molecule has 0 heterocycles. The highest BCUT2D eigenvalue weighted by Crippen LogP contribution is 1.99. The first-order valence-electron chi connectivity index (χ1n) is 6.23. The second-order valence-electron chi connectivity index (χ2n) is 4.19. The molecule has 1 atom stereocenters. The number of carbonyl (C=O) groups excluding carboxylic acids is 2. The summed E-state index contributed by atoms with van der Waals surface area (Å²) in [5, 5.41) is 0. The van der Waals surface area contributed by atoms with Crippen molar-refractivity contribution in [1.82, 2.24) is 9.80 Å². The minimum atomic E-state index is -0.117. The van der Waals surface area contributed by atoms with Gasteiger partial charge in [0.2, 0.25) is 11.8 Å². The molecule has 0 aliphatic rings. The van der Waals surface area contributed by atoms with Gasteiger partial charge >= 0.3 is 0 Å². The predicted octanol–water partition coefficient (Wildman–Crippen LogP) is 0.441. The number of nitrogens with zero attached hydrogens (tertiary/aromatic N) is 2. The third kappa shape index (κ3) is 5.68. The van der Waals surface area contributed by atoms with Crippen molar-refractivity contribution in [2.24, 2.45) is 5.73 Å². The molecule has 0 fully saturated rings. The highest BCUT2D eigenvalue weighted by Gasteiger charge is 2.17. The van der Waals surface area contributed by atoms with Gasteiger partial charge in [-0.25, -0.2) is 0 Å². The van der Waals surface area contributed by atoms with E-state index in [4.69, 9.17) is 5.73 Å². The first-order valence-corrected chi connectivity index (χ1v) is 6.23. The molecule has 0 bridgehead atoms. The van der Waals surface area contributed by atoms with Crippen LogP contribution >= 0.6 is 0 Å². The number of carbonyl (C=O) groups is 2. The van der Waals surface area contributed by atoms with Crippen molar-refractivity contribution in [3.05, 3.63) is 0 Å². The summed E-state index contributed by atoms with van der Waals surface area (Å²) in [6, 6.07) is -0.117. The Labute approximate surface area is 104 Å². The molecule has 17 heavy (non-hydrogen) atoms. The molecule has 5 nitrogen and oxygen atoms in total. The summed E-state index contributed by atoms with van der Waals surface area (Å²) in [6.45, 7) is 7.28. The van der Waals surface area contributed by atoms with E-state index in [-0.39, 0.29) is 24.4 Å². The first kappa shape index (κ1) is 15.9. The van der Waals surface area contributed by atoms with Crippen molar-refractivity contribution >= 4 is 11.8 Å². The fraction of sp³-hybridized carbons (Fsp3) is 0.833. The molecule has 0 radical (unpaired) electrons. The Morgan fingerprint density at radius 2 is 1.65 bits per heavy atom. The van der Waals surface area contributed by atoms with Crippen LogP contribution in [0.4, 0.5) is 0 Å². The van der Waals surface area contributed by atoms with Crippen molar-refractivity contribution in [3.8, 4) is 0 Å². The quantitative estimate of drug-likeness (QED) is 0.705. The number of amides is 2. The Balaban J connectivity index is 4.19. The Bertz CT molecular complexity index is 252. The smallest absolute Gasteiger partial charge is 0.242 e. The monoisotopic (exact) mass is 243 g/mol. The largest absolute Gasteiger partial charge is 0.342 e. The zero-order chi connectivity index (χ0) is 13.4. The Morgan fingerprint density at radius 3 is 2.06 bits per heavy atom. The van der Waals surface area contributed by atoms with E-state index in [1.165, 1.54) is 4.90 Å². The maximum Gasteiger partial charge on any atom is 0.242 e. The van der Waals surface area contributed by atoms with Crippen molar-refractivity contribution < 1.29 is 9.59 Å². The molecule has 1 unspecified atom stereocenters. The molecule has 0 rings (SSSR count). The van der Waals surface area contributed by atoms with Gasteiger partial charge in [-0.3, -0.25) is 9.59 Å². The third-order valence-corrected chi connectivity index (χ3v) is 2.88. The fourth-order valence-electron chi connectivity index (χ4n) is 1.49. The van der Waals surface area contributed by atoms with Crippen molar-refractivity contribution in [3.63, 3.8) is 0 Å². The van der Waals surface area contributed by atoms with Gasteiger partial charge in [0.25, 0.3) is 0 Å². The Morgan fingerprint density at radius 1 is 1.12 bits per heavy atom. The lowest BCUT2D eigenvalue weighted by Gasteiger charge is -2.23. The number of hydrogen-bond acceptors (Lipinski definition) is 3. The maximum absolute atomic E-state index is 11.8. The molecule has 0 saturated carbocycles. The van der Waals surface area contributed by atoms with E-state index in [0.29, 0.717) is 19.5 Å². The lowest BCUT2D eigenvalue weighted by molar-refractivity contribution is -0.139. The summed E-state index contributed by atoms with van der Waals surface area (Å²) < 4.78 is 0. The van der Waals surface area contributed by atoms with Gasteiger partial charge in [0.15, 0.2) is 0 Å². The molecule has 0 saturated heterocycles. The second-order valence-corrected chi connectivity index (χ2v) is 4.19. The van der Waals surface area contributed by atoms with E-state index in [1.54, 1.807) is 11.9 Å². The van der Waals surface area contributed by atoms with E-state index in [1.807, 2.05) is 20.8 Å². The molecule has 2 N–H and O–H groups in total. The predicted molar refractivity (Wildman–Crippen MR) is 68.4 cm³/mol. The summed E-state index contributed by atoms with van der Waals surface area (Å²) in [6.07, 6.45) is 1.07. The fourth-order valence-corrected chi connectivity index (χ4v) is 1.49. The van der Waals surface area contributed by atoms with E-state index < -0.39 is 0 Å². The van der Waals surface area contributed by atoms with Gasteiger partial charge < -0.3 is 15.5 Å². The van der Waals surface area contributed by atoms with Gasteiger partial charge in [-0.15, -0.1) is 0 Å². The second kappa shape index (κ2) is 8.06. The summed E-state index contributed by atoms with van der Waals surface area (Å²) in [5.41, 5.74) is 5.71. The number of nitrogens with two attached hydrogens (primary N) is 1. The van der Waals surface area contributed by atoms with E-state index in [0.717, 1.165) is 6.42 Å². The molecule has 2 amide bonds. The average molecular weight is 243 g/mol.